The maximum absolute atomic E-state index is 5.71. The van der Waals surface area contributed by atoms with Crippen LogP contribution in [0.3, 0.4) is 0 Å². The lowest BCUT2D eigenvalue weighted by Gasteiger charge is -1.92. The molecule has 0 unspecified atom stereocenters. The van der Waals surface area contributed by atoms with Crippen molar-refractivity contribution in [2.75, 3.05) is 6.54 Å². The van der Waals surface area contributed by atoms with Gasteiger partial charge in [-0.3, -0.25) is 4.98 Å². The van der Waals surface area contributed by atoms with Crippen LogP contribution in [0.1, 0.15) is 5.89 Å². The maximum atomic E-state index is 5.71. The lowest BCUT2D eigenvalue weighted by Crippen LogP contribution is -2.02. The van der Waals surface area contributed by atoms with E-state index in [4.69, 9.17) is 21.9 Å². The summed E-state index contributed by atoms with van der Waals surface area (Å²) in [5.41, 5.74) is 6.00. The largest absolute Gasteiger partial charge is 0.339 e. The van der Waals surface area contributed by atoms with E-state index >= 15 is 0 Å². The van der Waals surface area contributed by atoms with Gasteiger partial charge in [-0.2, -0.15) is 4.98 Å². The zero-order chi connectivity index (χ0) is 10.7. The van der Waals surface area contributed by atoms with E-state index in [1.165, 1.54) is 6.20 Å². The summed E-state index contributed by atoms with van der Waals surface area (Å²) in [4.78, 5) is 8.21. The van der Waals surface area contributed by atoms with Gasteiger partial charge in [0.2, 0.25) is 11.7 Å². The molecular weight excluding hydrogens is 216 g/mol. The van der Waals surface area contributed by atoms with Gasteiger partial charge >= 0.3 is 0 Å². The molecule has 2 rings (SSSR count). The number of pyridine rings is 1. The molecule has 0 amide bonds. The van der Waals surface area contributed by atoms with Crippen LogP contribution in [0.2, 0.25) is 5.02 Å². The molecule has 6 heteroatoms. The Labute approximate surface area is 91.3 Å². The first-order chi connectivity index (χ1) is 7.29. The summed E-state index contributed by atoms with van der Waals surface area (Å²) in [6.45, 7) is 0.482. The topological polar surface area (TPSA) is 77.8 Å². The second kappa shape index (κ2) is 4.37. The summed E-state index contributed by atoms with van der Waals surface area (Å²) in [6, 6.07) is 3.46. The van der Waals surface area contributed by atoms with Crippen LogP contribution in [-0.2, 0) is 6.42 Å². The molecule has 15 heavy (non-hydrogen) atoms. The van der Waals surface area contributed by atoms with Crippen LogP contribution in [0.15, 0.2) is 22.9 Å². The molecule has 0 aromatic carbocycles. The minimum Gasteiger partial charge on any atom is -0.339 e. The predicted molar refractivity (Wildman–Crippen MR) is 55.3 cm³/mol. The SMILES string of the molecule is NCCc1nc(-c2ccc(Cl)cn2)no1. The van der Waals surface area contributed by atoms with Gasteiger partial charge in [-0.25, -0.2) is 0 Å². The average Bonchev–Trinajstić information content (AvgIpc) is 2.68. The van der Waals surface area contributed by atoms with Crippen molar-refractivity contribution in [1.82, 2.24) is 15.1 Å². The highest BCUT2D eigenvalue weighted by molar-refractivity contribution is 6.30. The molecule has 0 fully saturated rings. The third-order valence-corrected chi connectivity index (χ3v) is 2.01. The average molecular weight is 225 g/mol. The van der Waals surface area contributed by atoms with Gasteiger partial charge in [-0.1, -0.05) is 16.8 Å². The highest BCUT2D eigenvalue weighted by Crippen LogP contribution is 2.15. The summed E-state index contributed by atoms with van der Waals surface area (Å²) in [5, 5.41) is 4.36. The third-order valence-electron chi connectivity index (χ3n) is 1.78. The number of hydrogen-bond acceptors (Lipinski definition) is 5. The first kappa shape index (κ1) is 10.1. The van der Waals surface area contributed by atoms with E-state index in [2.05, 4.69) is 15.1 Å². The van der Waals surface area contributed by atoms with Crippen molar-refractivity contribution in [3.8, 4) is 11.5 Å². The predicted octanol–water partition coefficient (Wildman–Crippen LogP) is 1.29. The van der Waals surface area contributed by atoms with E-state index in [1.807, 2.05) is 0 Å². The van der Waals surface area contributed by atoms with Gasteiger partial charge in [0, 0.05) is 19.2 Å². The Bertz CT molecular complexity index is 440. The molecule has 0 saturated heterocycles. The standard InChI is InChI=1S/C9H9ClN4O/c10-6-1-2-7(12-5-6)9-13-8(3-4-11)15-14-9/h1-2,5H,3-4,11H2. The lowest BCUT2D eigenvalue weighted by molar-refractivity contribution is 0.380. The van der Waals surface area contributed by atoms with E-state index in [1.54, 1.807) is 12.1 Å². The van der Waals surface area contributed by atoms with E-state index < -0.39 is 0 Å². The minimum absolute atomic E-state index is 0.454. The number of aromatic nitrogens is 3. The fourth-order valence-corrected chi connectivity index (χ4v) is 1.20. The lowest BCUT2D eigenvalue weighted by atomic mass is 10.3. The Morgan fingerprint density at radius 3 is 2.93 bits per heavy atom. The monoisotopic (exact) mass is 224 g/mol. The van der Waals surface area contributed by atoms with Crippen LogP contribution in [-0.4, -0.2) is 21.7 Å². The Morgan fingerprint density at radius 1 is 1.40 bits per heavy atom. The number of nitrogens with zero attached hydrogens (tertiary/aromatic N) is 3. The van der Waals surface area contributed by atoms with Crippen molar-refractivity contribution in [3.05, 3.63) is 29.2 Å². The van der Waals surface area contributed by atoms with E-state index in [-0.39, 0.29) is 0 Å². The molecule has 0 aliphatic carbocycles. The molecule has 2 aromatic rings. The molecule has 0 atom stereocenters. The first-order valence-corrected chi connectivity index (χ1v) is 4.82. The fourth-order valence-electron chi connectivity index (χ4n) is 1.09. The number of nitrogens with two attached hydrogens (primary N) is 1. The van der Waals surface area contributed by atoms with Crippen molar-refractivity contribution in [3.63, 3.8) is 0 Å². The molecule has 78 valence electrons. The van der Waals surface area contributed by atoms with Crippen LogP contribution in [0, 0.1) is 0 Å². The van der Waals surface area contributed by atoms with E-state index in [9.17, 15) is 0 Å². The zero-order valence-corrected chi connectivity index (χ0v) is 8.61. The molecule has 2 aromatic heterocycles. The summed E-state index contributed by atoms with van der Waals surface area (Å²) >= 11 is 5.71. The fraction of sp³-hybridized carbons (Fsp3) is 0.222. The second-order valence-corrected chi connectivity index (χ2v) is 3.35. The van der Waals surface area contributed by atoms with E-state index in [0.717, 1.165) is 0 Å². The molecule has 0 saturated carbocycles. The molecule has 2 N–H and O–H groups in total. The second-order valence-electron chi connectivity index (χ2n) is 2.91. The molecule has 0 bridgehead atoms. The summed E-state index contributed by atoms with van der Waals surface area (Å²) in [5.74, 6) is 0.972. The Balaban J connectivity index is 2.25. The Morgan fingerprint density at radius 2 is 2.27 bits per heavy atom. The molecule has 2 heterocycles. The Kier molecular flexibility index (Phi) is 2.94. The summed E-state index contributed by atoms with van der Waals surface area (Å²) < 4.78 is 4.98. The molecule has 5 nitrogen and oxygen atoms in total. The van der Waals surface area contributed by atoms with E-state index in [0.29, 0.717) is 35.4 Å². The molecule has 0 aliphatic rings. The maximum Gasteiger partial charge on any atom is 0.228 e. The first-order valence-electron chi connectivity index (χ1n) is 4.44. The van der Waals surface area contributed by atoms with Crippen molar-refractivity contribution >= 4 is 11.6 Å². The zero-order valence-electron chi connectivity index (χ0n) is 7.85. The van der Waals surface area contributed by atoms with Crippen LogP contribution >= 0.6 is 11.6 Å². The normalized spacial score (nSPS) is 10.5. The van der Waals surface area contributed by atoms with Crippen LogP contribution in [0.25, 0.3) is 11.5 Å². The number of hydrogen-bond donors (Lipinski definition) is 1. The highest BCUT2D eigenvalue weighted by atomic mass is 35.5. The highest BCUT2D eigenvalue weighted by Gasteiger charge is 2.08. The van der Waals surface area contributed by atoms with Gasteiger partial charge < -0.3 is 10.3 Å². The molecular formula is C9H9ClN4O. The smallest absolute Gasteiger partial charge is 0.228 e. The third kappa shape index (κ3) is 2.31. The molecule has 0 aliphatic heterocycles. The Hall–Kier alpha value is -1.46. The van der Waals surface area contributed by atoms with Gasteiger partial charge in [-0.15, -0.1) is 0 Å². The van der Waals surface area contributed by atoms with Gasteiger partial charge in [0.25, 0.3) is 0 Å². The minimum atomic E-state index is 0.454. The molecule has 0 spiro atoms. The van der Waals surface area contributed by atoms with Gasteiger partial charge in [-0.05, 0) is 12.1 Å². The van der Waals surface area contributed by atoms with Gasteiger partial charge in [0.15, 0.2) is 0 Å². The van der Waals surface area contributed by atoms with Gasteiger partial charge in [0.05, 0.1) is 5.02 Å². The number of rotatable bonds is 3. The van der Waals surface area contributed by atoms with Crippen molar-refractivity contribution in [2.45, 2.75) is 6.42 Å². The van der Waals surface area contributed by atoms with Crippen LogP contribution < -0.4 is 5.73 Å². The van der Waals surface area contributed by atoms with Crippen molar-refractivity contribution in [2.24, 2.45) is 5.73 Å². The van der Waals surface area contributed by atoms with Crippen LogP contribution in [0.5, 0.6) is 0 Å². The van der Waals surface area contributed by atoms with Gasteiger partial charge in [0.1, 0.15) is 5.69 Å². The van der Waals surface area contributed by atoms with Crippen molar-refractivity contribution in [1.29, 1.82) is 0 Å². The van der Waals surface area contributed by atoms with Crippen LogP contribution in [0.4, 0.5) is 0 Å². The van der Waals surface area contributed by atoms with Crippen molar-refractivity contribution < 1.29 is 4.52 Å². The summed E-state index contributed by atoms with van der Waals surface area (Å²) in [6.07, 6.45) is 2.11. The molecule has 0 radical (unpaired) electrons. The quantitative estimate of drug-likeness (QED) is 0.850. The summed E-state index contributed by atoms with van der Waals surface area (Å²) in [7, 11) is 0. The number of halogens is 1.